The molecule has 0 radical (unpaired) electrons. The van der Waals surface area contributed by atoms with Crippen LogP contribution in [0.4, 0.5) is 5.82 Å². The van der Waals surface area contributed by atoms with Crippen molar-refractivity contribution in [2.75, 3.05) is 37.6 Å². The molecule has 2 saturated heterocycles. The number of pyridine rings is 1. The summed E-state index contributed by atoms with van der Waals surface area (Å²) in [5, 5.41) is 1.95. The Labute approximate surface area is 238 Å². The highest BCUT2D eigenvalue weighted by Crippen LogP contribution is 2.33. The van der Waals surface area contributed by atoms with Gasteiger partial charge in [-0.15, -0.1) is 0 Å². The van der Waals surface area contributed by atoms with Crippen molar-refractivity contribution in [3.63, 3.8) is 0 Å². The minimum Gasteiger partial charge on any atom is -0.353 e. The third kappa shape index (κ3) is 6.06. The quantitative estimate of drug-likeness (QED) is 0.224. The SMILES string of the molecule is CCC1CN(c2ncc(-c3ncc[nH]3)cc2Cl)CCN1C1CCN(C(C(=O)N(N)N)c2ccc(Cl)cc2)CC1. The third-order valence-electron chi connectivity index (χ3n) is 7.90. The highest BCUT2D eigenvalue weighted by Gasteiger charge is 2.37. The van der Waals surface area contributed by atoms with E-state index < -0.39 is 6.04 Å². The van der Waals surface area contributed by atoms with Crippen LogP contribution in [0.15, 0.2) is 48.9 Å². The van der Waals surface area contributed by atoms with Gasteiger partial charge in [0, 0.05) is 74.0 Å². The maximum Gasteiger partial charge on any atom is 0.272 e. The van der Waals surface area contributed by atoms with Gasteiger partial charge in [0.1, 0.15) is 17.7 Å². The van der Waals surface area contributed by atoms with Crippen LogP contribution in [0.3, 0.4) is 0 Å². The lowest BCUT2D eigenvalue weighted by Gasteiger charge is -2.48. The number of H-pyrrole nitrogens is 1. The number of nitrogens with one attached hydrogen (secondary N) is 1. The summed E-state index contributed by atoms with van der Waals surface area (Å²) in [6.45, 7) is 6.43. The molecule has 12 heteroatoms. The molecule has 1 aromatic carbocycles. The lowest BCUT2D eigenvalue weighted by Crippen LogP contribution is -2.59. The van der Waals surface area contributed by atoms with Crippen molar-refractivity contribution in [1.82, 2.24) is 29.9 Å². The highest BCUT2D eigenvalue weighted by atomic mass is 35.5. The summed E-state index contributed by atoms with van der Waals surface area (Å²) in [6.07, 6.45) is 8.27. The number of carbonyl (C=O) groups is 1. The molecule has 4 heterocycles. The molecule has 10 nitrogen and oxygen atoms in total. The Balaban J connectivity index is 1.24. The molecular weight excluding hydrogens is 537 g/mol. The van der Waals surface area contributed by atoms with Gasteiger partial charge in [-0.25, -0.2) is 26.8 Å². The third-order valence-corrected chi connectivity index (χ3v) is 8.43. The molecule has 39 heavy (non-hydrogen) atoms. The average Bonchev–Trinajstić information content (AvgIpc) is 3.49. The maximum atomic E-state index is 13.0. The first-order valence-electron chi connectivity index (χ1n) is 13.3. The van der Waals surface area contributed by atoms with Crippen molar-refractivity contribution >= 4 is 34.9 Å². The Kier molecular flexibility index (Phi) is 8.70. The number of anilines is 1. The molecule has 0 aliphatic carbocycles. The molecular formula is C27H35Cl2N9O. The molecule has 208 valence electrons. The number of nitrogens with two attached hydrogens (primary N) is 2. The van der Waals surface area contributed by atoms with Crippen molar-refractivity contribution in [2.24, 2.45) is 11.7 Å². The van der Waals surface area contributed by atoms with Crippen molar-refractivity contribution in [3.05, 3.63) is 64.5 Å². The van der Waals surface area contributed by atoms with Gasteiger partial charge in [0.15, 0.2) is 0 Å². The van der Waals surface area contributed by atoms with Gasteiger partial charge in [-0.05, 0) is 43.0 Å². The predicted octanol–water partition coefficient (Wildman–Crippen LogP) is 3.46. The standard InChI is InChI=1S/C27H35Cl2N9O/c1-2-21-17-36(26-23(29)15-19(16-34-26)25-32-9-10-33-25)13-14-37(21)22-7-11-35(12-8-22)24(27(39)38(30)31)18-3-5-20(28)6-4-18/h3-6,9-10,15-16,21-22,24H,2,7-8,11-14,17,30-31H2,1H3,(H,32,33). The summed E-state index contributed by atoms with van der Waals surface area (Å²) in [5.41, 5.74) is 1.71. The number of aromatic nitrogens is 3. The zero-order valence-corrected chi connectivity index (χ0v) is 23.5. The number of imidazole rings is 1. The molecule has 0 spiro atoms. The van der Waals surface area contributed by atoms with Crippen molar-refractivity contribution < 1.29 is 4.79 Å². The molecule has 2 fully saturated rings. The second-order valence-corrected chi connectivity index (χ2v) is 11.0. The topological polar surface area (TPSA) is 124 Å². The van der Waals surface area contributed by atoms with Crippen LogP contribution in [0.1, 0.15) is 37.8 Å². The lowest BCUT2D eigenvalue weighted by molar-refractivity contribution is -0.138. The van der Waals surface area contributed by atoms with E-state index in [0.717, 1.165) is 74.8 Å². The van der Waals surface area contributed by atoms with Crippen molar-refractivity contribution in [2.45, 2.75) is 44.3 Å². The lowest BCUT2D eigenvalue weighted by atomic mass is 9.95. The molecule has 0 bridgehead atoms. The van der Waals surface area contributed by atoms with Gasteiger partial charge in [-0.3, -0.25) is 14.6 Å². The average molecular weight is 573 g/mol. The van der Waals surface area contributed by atoms with E-state index in [1.807, 2.05) is 24.4 Å². The number of nitrogens with zero attached hydrogens (tertiary/aromatic N) is 6. The zero-order valence-electron chi connectivity index (χ0n) is 22.0. The number of piperidine rings is 1. The monoisotopic (exact) mass is 571 g/mol. The van der Waals surface area contributed by atoms with E-state index in [9.17, 15) is 4.79 Å². The number of aromatic amines is 1. The number of likely N-dealkylation sites (tertiary alicyclic amines) is 1. The Morgan fingerprint density at radius 2 is 1.87 bits per heavy atom. The van der Waals surface area contributed by atoms with Crippen LogP contribution in [0.5, 0.6) is 0 Å². The van der Waals surface area contributed by atoms with E-state index in [4.69, 9.17) is 39.9 Å². The minimum absolute atomic E-state index is 0.335. The number of halogens is 2. The highest BCUT2D eigenvalue weighted by molar-refractivity contribution is 6.33. The maximum absolute atomic E-state index is 13.0. The van der Waals surface area contributed by atoms with Gasteiger partial charge >= 0.3 is 0 Å². The van der Waals surface area contributed by atoms with Crippen LogP contribution < -0.4 is 16.6 Å². The van der Waals surface area contributed by atoms with Gasteiger partial charge in [0.05, 0.1) is 5.02 Å². The number of carbonyl (C=O) groups excluding carboxylic acids is 1. The number of hydrazine groups is 2. The number of hydrogen-bond donors (Lipinski definition) is 3. The van der Waals surface area contributed by atoms with Crippen LogP contribution in [0, 0.1) is 0 Å². The molecule has 2 aliphatic heterocycles. The summed E-state index contributed by atoms with van der Waals surface area (Å²) in [5.74, 6) is 12.6. The van der Waals surface area contributed by atoms with E-state index in [2.05, 4.69) is 31.6 Å². The fourth-order valence-electron chi connectivity index (χ4n) is 5.89. The van der Waals surface area contributed by atoms with Gasteiger partial charge in [-0.2, -0.15) is 0 Å². The molecule has 2 aliphatic rings. The van der Waals surface area contributed by atoms with Crippen molar-refractivity contribution in [3.8, 4) is 11.4 Å². The number of benzene rings is 1. The van der Waals surface area contributed by atoms with Crippen LogP contribution in [-0.2, 0) is 4.79 Å². The molecule has 1 amide bonds. The van der Waals surface area contributed by atoms with Crippen LogP contribution in [-0.4, -0.2) is 80.6 Å². The van der Waals surface area contributed by atoms with Gasteiger partial charge in [-0.1, -0.05) is 42.3 Å². The molecule has 0 saturated carbocycles. The van der Waals surface area contributed by atoms with Gasteiger partial charge in [0.25, 0.3) is 5.91 Å². The van der Waals surface area contributed by atoms with Crippen LogP contribution in [0.2, 0.25) is 10.0 Å². The largest absolute Gasteiger partial charge is 0.353 e. The predicted molar refractivity (Wildman–Crippen MR) is 154 cm³/mol. The van der Waals surface area contributed by atoms with E-state index in [1.165, 1.54) is 0 Å². The summed E-state index contributed by atoms with van der Waals surface area (Å²) in [6, 6.07) is 9.53. The first-order chi connectivity index (χ1) is 18.9. The summed E-state index contributed by atoms with van der Waals surface area (Å²) >= 11 is 12.8. The van der Waals surface area contributed by atoms with Gasteiger partial charge < -0.3 is 9.88 Å². The van der Waals surface area contributed by atoms with E-state index in [1.54, 1.807) is 24.5 Å². The summed E-state index contributed by atoms with van der Waals surface area (Å²) in [4.78, 5) is 32.2. The second kappa shape index (κ2) is 12.2. The molecule has 5 rings (SSSR count). The molecule has 5 N–H and O–H groups in total. The zero-order chi connectivity index (χ0) is 27.5. The van der Waals surface area contributed by atoms with E-state index in [-0.39, 0.29) is 5.91 Å². The molecule has 2 aromatic heterocycles. The van der Waals surface area contributed by atoms with E-state index >= 15 is 0 Å². The number of amides is 1. The number of piperazine rings is 1. The first kappa shape index (κ1) is 27.8. The smallest absolute Gasteiger partial charge is 0.272 e. The fraction of sp³-hybridized carbons (Fsp3) is 0.444. The Bertz CT molecular complexity index is 1250. The Morgan fingerprint density at radius 1 is 1.13 bits per heavy atom. The van der Waals surface area contributed by atoms with Gasteiger partial charge in [0.2, 0.25) is 0 Å². The second-order valence-electron chi connectivity index (χ2n) is 10.2. The van der Waals surface area contributed by atoms with Crippen LogP contribution >= 0.6 is 23.2 Å². The Hall–Kier alpha value is -2.73. The summed E-state index contributed by atoms with van der Waals surface area (Å²) < 4.78 is 0. The Morgan fingerprint density at radius 3 is 2.49 bits per heavy atom. The molecule has 2 unspecified atom stereocenters. The normalized spacial score (nSPS) is 20.2. The minimum atomic E-state index is -0.533. The van der Waals surface area contributed by atoms with Crippen molar-refractivity contribution in [1.29, 1.82) is 0 Å². The first-order valence-corrected chi connectivity index (χ1v) is 14.1. The number of rotatable bonds is 7. The number of hydrogen-bond acceptors (Lipinski definition) is 8. The van der Waals surface area contributed by atoms with Crippen LogP contribution in [0.25, 0.3) is 11.4 Å². The summed E-state index contributed by atoms with van der Waals surface area (Å²) in [7, 11) is 0. The molecule has 2 atom stereocenters. The van der Waals surface area contributed by atoms with E-state index in [0.29, 0.717) is 27.2 Å². The fourth-order valence-corrected chi connectivity index (χ4v) is 6.31. The molecule has 3 aromatic rings.